The number of anilines is 1. The largest absolute Gasteiger partial charge is 0.358 e. The average Bonchev–Trinajstić information content (AvgIpc) is 2.89. The Morgan fingerprint density at radius 2 is 2.11 bits per heavy atom. The van der Waals surface area contributed by atoms with Crippen molar-refractivity contribution in [1.82, 2.24) is 19.7 Å². The second kappa shape index (κ2) is 5.40. The number of hydrogen-bond donors (Lipinski definition) is 0. The molecule has 19 heavy (non-hydrogen) atoms. The van der Waals surface area contributed by atoms with Crippen molar-refractivity contribution < 1.29 is 0 Å². The van der Waals surface area contributed by atoms with Gasteiger partial charge in [0.1, 0.15) is 5.82 Å². The van der Waals surface area contributed by atoms with Gasteiger partial charge in [-0.15, -0.1) is 0 Å². The zero-order valence-corrected chi connectivity index (χ0v) is 11.2. The second-order valence-corrected chi connectivity index (χ2v) is 4.95. The Kier molecular flexibility index (Phi) is 3.46. The first kappa shape index (κ1) is 12.2. The lowest BCUT2D eigenvalue weighted by molar-refractivity contribution is 0.261. The van der Waals surface area contributed by atoms with Gasteiger partial charge in [0.2, 0.25) is 0 Å². The standard InChI is InChI=1S/C14H19N5/c1-17-8-9-18(10-11-19-7-3-6-16-19)12-13-4-2-5-15-14(13)17/h2-7H,8-12H2,1H3. The maximum absolute atomic E-state index is 4.49. The molecule has 2 aromatic rings. The van der Waals surface area contributed by atoms with Gasteiger partial charge < -0.3 is 4.90 Å². The van der Waals surface area contributed by atoms with Gasteiger partial charge in [-0.05, 0) is 12.1 Å². The van der Waals surface area contributed by atoms with Crippen molar-refractivity contribution in [2.24, 2.45) is 0 Å². The van der Waals surface area contributed by atoms with E-state index in [4.69, 9.17) is 0 Å². The minimum Gasteiger partial charge on any atom is -0.358 e. The van der Waals surface area contributed by atoms with Crippen molar-refractivity contribution in [2.45, 2.75) is 13.1 Å². The van der Waals surface area contributed by atoms with E-state index >= 15 is 0 Å². The summed E-state index contributed by atoms with van der Waals surface area (Å²) in [7, 11) is 2.11. The summed E-state index contributed by atoms with van der Waals surface area (Å²) in [5, 5.41) is 4.25. The molecular weight excluding hydrogens is 238 g/mol. The SMILES string of the molecule is CN1CCN(CCn2cccn2)Cc2cccnc21. The summed E-state index contributed by atoms with van der Waals surface area (Å²) in [6.45, 7) is 5.00. The van der Waals surface area contributed by atoms with E-state index in [1.54, 1.807) is 0 Å². The molecule has 0 saturated carbocycles. The lowest BCUT2D eigenvalue weighted by atomic mass is 10.2. The van der Waals surface area contributed by atoms with Gasteiger partial charge in [-0.2, -0.15) is 5.10 Å². The Hall–Kier alpha value is -1.88. The number of rotatable bonds is 3. The fourth-order valence-corrected chi connectivity index (χ4v) is 2.48. The predicted octanol–water partition coefficient (Wildman–Crippen LogP) is 1.23. The van der Waals surface area contributed by atoms with Gasteiger partial charge in [0.05, 0.1) is 6.54 Å². The third kappa shape index (κ3) is 2.76. The summed E-state index contributed by atoms with van der Waals surface area (Å²) in [6, 6.07) is 6.16. The summed E-state index contributed by atoms with van der Waals surface area (Å²) in [6.07, 6.45) is 5.71. The van der Waals surface area contributed by atoms with E-state index in [-0.39, 0.29) is 0 Å². The van der Waals surface area contributed by atoms with Crippen molar-refractivity contribution in [1.29, 1.82) is 0 Å². The molecule has 5 heteroatoms. The maximum Gasteiger partial charge on any atom is 0.132 e. The van der Waals surface area contributed by atoms with Crippen molar-refractivity contribution in [2.75, 3.05) is 31.6 Å². The van der Waals surface area contributed by atoms with Crippen LogP contribution in [0.25, 0.3) is 0 Å². The second-order valence-electron chi connectivity index (χ2n) is 4.95. The molecule has 0 radical (unpaired) electrons. The number of aromatic nitrogens is 3. The minimum absolute atomic E-state index is 0.937. The summed E-state index contributed by atoms with van der Waals surface area (Å²) >= 11 is 0. The summed E-state index contributed by atoms with van der Waals surface area (Å²) in [5.74, 6) is 1.11. The van der Waals surface area contributed by atoms with Crippen molar-refractivity contribution in [3.05, 3.63) is 42.4 Å². The van der Waals surface area contributed by atoms with Gasteiger partial charge in [0.15, 0.2) is 0 Å². The summed E-state index contributed by atoms with van der Waals surface area (Å²) < 4.78 is 1.98. The summed E-state index contributed by atoms with van der Waals surface area (Å²) in [4.78, 5) is 9.19. The van der Waals surface area contributed by atoms with Gasteiger partial charge in [0.25, 0.3) is 0 Å². The number of likely N-dealkylation sites (N-methyl/N-ethyl adjacent to an activating group) is 1. The van der Waals surface area contributed by atoms with Crippen LogP contribution in [0.1, 0.15) is 5.56 Å². The van der Waals surface area contributed by atoms with E-state index in [0.29, 0.717) is 0 Å². The zero-order valence-electron chi connectivity index (χ0n) is 11.2. The maximum atomic E-state index is 4.49. The Balaban J connectivity index is 1.68. The van der Waals surface area contributed by atoms with Crippen LogP contribution in [-0.2, 0) is 13.1 Å². The van der Waals surface area contributed by atoms with Crippen LogP contribution < -0.4 is 4.90 Å². The minimum atomic E-state index is 0.937. The lowest BCUT2D eigenvalue weighted by Crippen LogP contribution is -2.31. The number of hydrogen-bond acceptors (Lipinski definition) is 4. The van der Waals surface area contributed by atoms with E-state index in [1.165, 1.54) is 5.56 Å². The topological polar surface area (TPSA) is 37.2 Å². The van der Waals surface area contributed by atoms with E-state index in [0.717, 1.165) is 38.5 Å². The quantitative estimate of drug-likeness (QED) is 0.829. The first-order valence-electron chi connectivity index (χ1n) is 6.68. The molecule has 0 spiro atoms. The van der Waals surface area contributed by atoms with Crippen molar-refractivity contribution in [3.63, 3.8) is 0 Å². The fraction of sp³-hybridized carbons (Fsp3) is 0.429. The molecule has 0 aromatic carbocycles. The Labute approximate surface area is 113 Å². The molecule has 0 saturated heterocycles. The van der Waals surface area contributed by atoms with E-state index in [2.05, 4.69) is 33.0 Å². The van der Waals surface area contributed by atoms with Crippen LogP contribution in [0.3, 0.4) is 0 Å². The molecule has 0 amide bonds. The van der Waals surface area contributed by atoms with Crippen molar-refractivity contribution >= 4 is 5.82 Å². The molecule has 3 rings (SSSR count). The molecule has 100 valence electrons. The normalized spacial score (nSPS) is 16.2. The molecule has 0 fully saturated rings. The van der Waals surface area contributed by atoms with Crippen LogP contribution in [0.5, 0.6) is 0 Å². The third-order valence-electron chi connectivity index (χ3n) is 3.58. The molecule has 5 nitrogen and oxygen atoms in total. The van der Waals surface area contributed by atoms with Gasteiger partial charge in [-0.1, -0.05) is 6.07 Å². The van der Waals surface area contributed by atoms with Crippen LogP contribution in [0.15, 0.2) is 36.8 Å². The van der Waals surface area contributed by atoms with E-state index in [1.807, 2.05) is 35.4 Å². The number of nitrogens with zero attached hydrogens (tertiary/aromatic N) is 5. The zero-order chi connectivity index (χ0) is 13.1. The third-order valence-corrected chi connectivity index (χ3v) is 3.58. The Bertz CT molecular complexity index is 522. The molecule has 0 bridgehead atoms. The van der Waals surface area contributed by atoms with E-state index in [9.17, 15) is 0 Å². The van der Waals surface area contributed by atoms with Crippen LogP contribution in [-0.4, -0.2) is 46.3 Å². The molecule has 1 aliphatic rings. The first-order chi connectivity index (χ1) is 9.33. The molecule has 1 aliphatic heterocycles. The van der Waals surface area contributed by atoms with E-state index < -0.39 is 0 Å². The highest BCUT2D eigenvalue weighted by atomic mass is 15.3. The van der Waals surface area contributed by atoms with Crippen LogP contribution >= 0.6 is 0 Å². The highest BCUT2D eigenvalue weighted by Gasteiger charge is 2.17. The van der Waals surface area contributed by atoms with Gasteiger partial charge in [0, 0.05) is 57.4 Å². The van der Waals surface area contributed by atoms with Crippen LogP contribution in [0.2, 0.25) is 0 Å². The van der Waals surface area contributed by atoms with Gasteiger partial charge in [-0.25, -0.2) is 4.98 Å². The smallest absolute Gasteiger partial charge is 0.132 e. The highest BCUT2D eigenvalue weighted by molar-refractivity contribution is 5.46. The predicted molar refractivity (Wildman–Crippen MR) is 75.0 cm³/mol. The van der Waals surface area contributed by atoms with Crippen LogP contribution in [0.4, 0.5) is 5.82 Å². The number of fused-ring (bicyclic) bond motifs is 1. The first-order valence-corrected chi connectivity index (χ1v) is 6.68. The Morgan fingerprint density at radius 3 is 2.95 bits per heavy atom. The Morgan fingerprint density at radius 1 is 1.16 bits per heavy atom. The van der Waals surface area contributed by atoms with Crippen molar-refractivity contribution in [3.8, 4) is 0 Å². The molecule has 3 heterocycles. The molecule has 0 atom stereocenters. The fourth-order valence-electron chi connectivity index (χ4n) is 2.48. The molecule has 0 aliphatic carbocycles. The average molecular weight is 257 g/mol. The van der Waals surface area contributed by atoms with Crippen LogP contribution in [0, 0.1) is 0 Å². The number of pyridine rings is 1. The molecule has 0 unspecified atom stereocenters. The lowest BCUT2D eigenvalue weighted by Gasteiger charge is -2.20. The molecular formula is C14H19N5. The van der Waals surface area contributed by atoms with Gasteiger partial charge >= 0.3 is 0 Å². The summed E-state index contributed by atoms with van der Waals surface area (Å²) in [5.41, 5.74) is 1.31. The highest BCUT2D eigenvalue weighted by Crippen LogP contribution is 2.20. The van der Waals surface area contributed by atoms with Gasteiger partial charge in [-0.3, -0.25) is 9.58 Å². The monoisotopic (exact) mass is 257 g/mol. The molecule has 2 aromatic heterocycles. The molecule has 0 N–H and O–H groups in total.